The highest BCUT2D eigenvalue weighted by molar-refractivity contribution is 7.13. The van der Waals surface area contributed by atoms with Gasteiger partial charge in [0.15, 0.2) is 0 Å². The van der Waals surface area contributed by atoms with Gasteiger partial charge in [-0.15, -0.1) is 22.7 Å². The van der Waals surface area contributed by atoms with Crippen molar-refractivity contribution in [1.82, 2.24) is 10.3 Å². The van der Waals surface area contributed by atoms with Gasteiger partial charge in [-0.1, -0.05) is 0 Å². The van der Waals surface area contributed by atoms with Gasteiger partial charge < -0.3 is 10.4 Å². The van der Waals surface area contributed by atoms with E-state index in [0.717, 1.165) is 22.1 Å². The van der Waals surface area contributed by atoms with Crippen LogP contribution in [0.1, 0.15) is 25.3 Å². The number of nitrogens with zero attached hydrogens (tertiary/aromatic N) is 1. The van der Waals surface area contributed by atoms with Gasteiger partial charge >= 0.3 is 5.97 Å². The molecule has 2 aromatic heterocycles. The van der Waals surface area contributed by atoms with E-state index >= 15 is 0 Å². The van der Waals surface area contributed by atoms with E-state index in [-0.39, 0.29) is 0 Å². The number of hydrogen-bond acceptors (Lipinski definition) is 5. The van der Waals surface area contributed by atoms with Gasteiger partial charge in [-0.3, -0.25) is 0 Å². The Bertz CT molecular complexity index is 519. The molecule has 0 aliphatic carbocycles. The summed E-state index contributed by atoms with van der Waals surface area (Å²) in [5, 5.41) is 15.1. The molecule has 4 nitrogen and oxygen atoms in total. The molecule has 0 amide bonds. The van der Waals surface area contributed by atoms with Gasteiger partial charge in [-0.25, -0.2) is 9.78 Å². The van der Waals surface area contributed by atoms with Crippen LogP contribution in [0.4, 0.5) is 0 Å². The first-order valence-corrected chi connectivity index (χ1v) is 6.78. The van der Waals surface area contributed by atoms with Crippen molar-refractivity contribution in [2.24, 2.45) is 0 Å². The van der Waals surface area contributed by atoms with Crippen molar-refractivity contribution in [3.63, 3.8) is 0 Å². The van der Waals surface area contributed by atoms with Crippen LogP contribution in [0.25, 0.3) is 0 Å². The molecule has 2 N–H and O–H groups in total. The van der Waals surface area contributed by atoms with Crippen molar-refractivity contribution in [2.45, 2.75) is 20.0 Å². The third kappa shape index (κ3) is 3.36. The van der Waals surface area contributed by atoms with Gasteiger partial charge in [0.2, 0.25) is 0 Å². The molecule has 0 saturated heterocycles. The predicted octanol–water partition coefficient (Wildman–Crippen LogP) is 2.50. The molecule has 0 aliphatic rings. The SMILES string of the molecule is Cc1csc(CNCc2ccc(C(=O)O)s2)n1. The Morgan fingerprint density at radius 2 is 2.29 bits per heavy atom. The molecule has 0 unspecified atom stereocenters. The minimum absolute atomic E-state index is 0.381. The number of nitrogens with one attached hydrogen (secondary N) is 1. The highest BCUT2D eigenvalue weighted by Gasteiger charge is 2.06. The molecular formula is C11H12N2O2S2. The van der Waals surface area contributed by atoms with Crippen LogP contribution >= 0.6 is 22.7 Å². The fourth-order valence-corrected chi connectivity index (χ4v) is 2.92. The van der Waals surface area contributed by atoms with Gasteiger partial charge in [0.1, 0.15) is 9.88 Å². The maximum Gasteiger partial charge on any atom is 0.345 e. The molecule has 0 atom stereocenters. The number of aryl methyl sites for hydroxylation is 1. The number of rotatable bonds is 5. The Morgan fingerprint density at radius 1 is 1.47 bits per heavy atom. The van der Waals surface area contributed by atoms with Gasteiger partial charge in [-0.2, -0.15) is 0 Å². The topological polar surface area (TPSA) is 62.2 Å². The summed E-state index contributed by atoms with van der Waals surface area (Å²) in [5.41, 5.74) is 1.04. The van der Waals surface area contributed by atoms with Crippen LogP contribution in [-0.4, -0.2) is 16.1 Å². The van der Waals surface area contributed by atoms with Crippen molar-refractivity contribution < 1.29 is 9.90 Å². The summed E-state index contributed by atoms with van der Waals surface area (Å²) in [4.78, 5) is 16.4. The Labute approximate surface area is 107 Å². The van der Waals surface area contributed by atoms with Gasteiger partial charge in [0.25, 0.3) is 0 Å². The highest BCUT2D eigenvalue weighted by Crippen LogP contribution is 2.16. The second kappa shape index (κ2) is 5.39. The van der Waals surface area contributed by atoms with Crippen LogP contribution in [-0.2, 0) is 13.1 Å². The maximum absolute atomic E-state index is 10.7. The largest absolute Gasteiger partial charge is 0.477 e. The zero-order chi connectivity index (χ0) is 12.3. The molecule has 0 radical (unpaired) electrons. The Hall–Kier alpha value is -1.24. The van der Waals surface area contributed by atoms with E-state index in [1.807, 2.05) is 18.4 Å². The first-order valence-electron chi connectivity index (χ1n) is 5.09. The second-order valence-corrected chi connectivity index (χ2v) is 5.67. The first kappa shape index (κ1) is 12.2. The molecule has 6 heteroatoms. The van der Waals surface area contributed by atoms with Gasteiger partial charge in [0, 0.05) is 29.0 Å². The zero-order valence-electron chi connectivity index (χ0n) is 9.27. The molecule has 0 spiro atoms. The van der Waals surface area contributed by atoms with Crippen LogP contribution < -0.4 is 5.32 Å². The fourth-order valence-electron chi connectivity index (χ4n) is 1.36. The quantitative estimate of drug-likeness (QED) is 0.874. The first-order chi connectivity index (χ1) is 8.15. The number of thiophene rings is 1. The van der Waals surface area contributed by atoms with Crippen LogP contribution in [0.5, 0.6) is 0 Å². The lowest BCUT2D eigenvalue weighted by Gasteiger charge is -1.99. The molecule has 0 bridgehead atoms. The third-order valence-electron chi connectivity index (χ3n) is 2.11. The molecule has 17 heavy (non-hydrogen) atoms. The number of aromatic carboxylic acids is 1. The molecular weight excluding hydrogens is 256 g/mol. The van der Waals surface area contributed by atoms with Gasteiger partial charge in [0.05, 0.1) is 0 Å². The van der Waals surface area contributed by atoms with Gasteiger partial charge in [-0.05, 0) is 19.1 Å². The number of aromatic nitrogens is 1. The van der Waals surface area contributed by atoms with Crippen LogP contribution in [0.15, 0.2) is 17.5 Å². The smallest absolute Gasteiger partial charge is 0.345 e. The standard InChI is InChI=1S/C11H12N2O2S2/c1-7-6-16-10(13-7)5-12-4-8-2-3-9(17-8)11(14)15/h2-3,6,12H,4-5H2,1H3,(H,14,15). The maximum atomic E-state index is 10.7. The lowest BCUT2D eigenvalue weighted by atomic mass is 10.4. The molecule has 2 heterocycles. The van der Waals surface area contributed by atoms with Crippen molar-refractivity contribution in [1.29, 1.82) is 0 Å². The van der Waals surface area contributed by atoms with Crippen LogP contribution in [0.2, 0.25) is 0 Å². The number of hydrogen-bond donors (Lipinski definition) is 2. The fraction of sp³-hybridized carbons (Fsp3) is 0.273. The van der Waals surface area contributed by atoms with Crippen LogP contribution in [0, 0.1) is 6.92 Å². The summed E-state index contributed by atoms with van der Waals surface area (Å²) in [6.45, 7) is 3.37. The van der Waals surface area contributed by atoms with E-state index in [1.54, 1.807) is 17.4 Å². The third-order valence-corrected chi connectivity index (χ3v) is 4.15. The van der Waals surface area contributed by atoms with Crippen LogP contribution in [0.3, 0.4) is 0 Å². The number of thiazole rings is 1. The summed E-state index contributed by atoms with van der Waals surface area (Å²) in [7, 11) is 0. The normalized spacial score (nSPS) is 10.6. The Balaban J connectivity index is 1.83. The Kier molecular flexibility index (Phi) is 3.88. The van der Waals surface area contributed by atoms with E-state index < -0.39 is 5.97 Å². The van der Waals surface area contributed by atoms with E-state index in [2.05, 4.69) is 10.3 Å². The lowest BCUT2D eigenvalue weighted by Crippen LogP contribution is -2.11. The summed E-state index contributed by atoms with van der Waals surface area (Å²) < 4.78 is 0. The van der Waals surface area contributed by atoms with Crippen molar-refractivity contribution in [3.8, 4) is 0 Å². The molecule has 2 aromatic rings. The predicted molar refractivity (Wildman–Crippen MR) is 68.7 cm³/mol. The molecule has 90 valence electrons. The van der Waals surface area contributed by atoms with E-state index in [0.29, 0.717) is 11.4 Å². The summed E-state index contributed by atoms with van der Waals surface area (Å²) in [6.07, 6.45) is 0. The summed E-state index contributed by atoms with van der Waals surface area (Å²) in [6, 6.07) is 3.48. The molecule has 0 aliphatic heterocycles. The lowest BCUT2D eigenvalue weighted by molar-refractivity contribution is 0.0702. The average molecular weight is 268 g/mol. The van der Waals surface area contributed by atoms with E-state index in [1.165, 1.54) is 11.3 Å². The molecule has 0 saturated carbocycles. The number of carboxylic acids is 1. The monoisotopic (exact) mass is 268 g/mol. The number of carboxylic acid groups (broad SMARTS) is 1. The van der Waals surface area contributed by atoms with E-state index in [4.69, 9.17) is 5.11 Å². The summed E-state index contributed by atoms with van der Waals surface area (Å²) in [5.74, 6) is -0.864. The zero-order valence-corrected chi connectivity index (χ0v) is 10.9. The van der Waals surface area contributed by atoms with Crippen molar-refractivity contribution >= 4 is 28.6 Å². The summed E-state index contributed by atoms with van der Waals surface area (Å²) >= 11 is 2.93. The minimum atomic E-state index is -0.864. The molecule has 2 rings (SSSR count). The molecule has 0 fully saturated rings. The minimum Gasteiger partial charge on any atom is -0.477 e. The number of carbonyl (C=O) groups is 1. The Morgan fingerprint density at radius 3 is 2.88 bits per heavy atom. The second-order valence-electron chi connectivity index (χ2n) is 3.56. The highest BCUT2D eigenvalue weighted by atomic mass is 32.1. The van der Waals surface area contributed by atoms with E-state index in [9.17, 15) is 4.79 Å². The van der Waals surface area contributed by atoms with Crippen molar-refractivity contribution in [2.75, 3.05) is 0 Å². The van der Waals surface area contributed by atoms with Crippen molar-refractivity contribution in [3.05, 3.63) is 38.0 Å². The average Bonchev–Trinajstić information content (AvgIpc) is 2.88. The molecule has 0 aromatic carbocycles.